The number of benzene rings is 3. The molecule has 4 atom stereocenters. The lowest BCUT2D eigenvalue weighted by molar-refractivity contribution is -0.142. The van der Waals surface area contributed by atoms with E-state index in [1.807, 2.05) is 55.5 Å². The molecule has 1 spiro atoms. The van der Waals surface area contributed by atoms with Crippen LogP contribution in [0, 0.1) is 18.8 Å². The number of hydrogen-bond acceptors (Lipinski definition) is 5. The second-order valence-electron chi connectivity index (χ2n) is 10.00. The summed E-state index contributed by atoms with van der Waals surface area (Å²) in [6.07, 6.45) is 1.01. The van der Waals surface area contributed by atoms with E-state index in [2.05, 4.69) is 10.6 Å². The van der Waals surface area contributed by atoms with Crippen molar-refractivity contribution in [3.05, 3.63) is 95.1 Å². The van der Waals surface area contributed by atoms with Crippen LogP contribution in [0.2, 0.25) is 0 Å². The molecule has 182 valence electrons. The largest absolute Gasteiger partial charge is 0.508 e. The van der Waals surface area contributed by atoms with Crippen LogP contribution in [0.15, 0.2) is 72.8 Å². The number of fused-ring (bicyclic) bond motifs is 4. The maximum absolute atomic E-state index is 13.9. The first-order valence-electron chi connectivity index (χ1n) is 12.3. The average Bonchev–Trinajstić information content (AvgIpc) is 3.44. The van der Waals surface area contributed by atoms with Crippen molar-refractivity contribution in [1.29, 1.82) is 0 Å². The Kier molecular flexibility index (Phi) is 5.19. The highest BCUT2D eigenvalue weighted by atomic mass is 16.3. The highest BCUT2D eigenvalue weighted by Crippen LogP contribution is 2.53. The Morgan fingerprint density at radius 2 is 1.67 bits per heavy atom. The number of carbonyl (C=O) groups excluding carboxylic acids is 3. The summed E-state index contributed by atoms with van der Waals surface area (Å²) in [4.78, 5) is 42.7. The Hall–Kier alpha value is -3.97. The number of imide groups is 1. The van der Waals surface area contributed by atoms with Gasteiger partial charge < -0.3 is 10.4 Å². The van der Waals surface area contributed by atoms with Crippen LogP contribution in [0.5, 0.6) is 5.75 Å². The van der Waals surface area contributed by atoms with E-state index in [0.717, 1.165) is 22.3 Å². The van der Waals surface area contributed by atoms with Gasteiger partial charge in [-0.25, -0.2) is 0 Å². The zero-order chi connectivity index (χ0) is 25.0. The highest BCUT2D eigenvalue weighted by Gasteiger charge is 2.70. The van der Waals surface area contributed by atoms with Crippen molar-refractivity contribution in [1.82, 2.24) is 10.2 Å². The molecule has 3 aliphatic heterocycles. The molecular formula is C29H27N3O4. The average molecular weight is 482 g/mol. The number of phenolic OH excluding ortho intramolecular Hbond substituents is 1. The summed E-state index contributed by atoms with van der Waals surface area (Å²) in [6.45, 7) is 2.23. The molecule has 0 unspecified atom stereocenters. The molecular weight excluding hydrogens is 454 g/mol. The van der Waals surface area contributed by atoms with Gasteiger partial charge in [-0.2, -0.15) is 0 Å². The number of aromatic hydroxyl groups is 1. The summed E-state index contributed by atoms with van der Waals surface area (Å²) in [5, 5.41) is 16.1. The van der Waals surface area contributed by atoms with Crippen molar-refractivity contribution in [2.75, 3.05) is 11.9 Å². The number of nitrogens with one attached hydrogen (secondary N) is 2. The maximum atomic E-state index is 13.9. The summed E-state index contributed by atoms with van der Waals surface area (Å²) in [5.74, 6) is -2.16. The summed E-state index contributed by atoms with van der Waals surface area (Å²) in [6, 6.07) is 21.9. The second-order valence-corrected chi connectivity index (χ2v) is 10.00. The van der Waals surface area contributed by atoms with Crippen molar-refractivity contribution >= 4 is 23.4 Å². The minimum Gasteiger partial charge on any atom is -0.508 e. The van der Waals surface area contributed by atoms with Crippen LogP contribution in [-0.2, 0) is 32.8 Å². The number of nitrogens with zero attached hydrogens (tertiary/aromatic N) is 1. The van der Waals surface area contributed by atoms with Crippen molar-refractivity contribution in [2.24, 2.45) is 11.8 Å². The lowest BCUT2D eigenvalue weighted by atomic mass is 9.76. The van der Waals surface area contributed by atoms with Gasteiger partial charge in [0.1, 0.15) is 11.3 Å². The van der Waals surface area contributed by atoms with Gasteiger partial charge in [0.15, 0.2) is 0 Å². The number of amides is 3. The molecule has 7 nitrogen and oxygen atoms in total. The van der Waals surface area contributed by atoms with Gasteiger partial charge in [-0.1, -0.05) is 60.2 Å². The van der Waals surface area contributed by atoms with Crippen LogP contribution >= 0.6 is 0 Å². The first kappa shape index (κ1) is 22.5. The Labute approximate surface area is 209 Å². The van der Waals surface area contributed by atoms with Crippen molar-refractivity contribution in [3.8, 4) is 5.75 Å². The molecule has 3 heterocycles. The Bertz CT molecular complexity index is 1370. The first-order chi connectivity index (χ1) is 17.4. The molecule has 0 radical (unpaired) electrons. The van der Waals surface area contributed by atoms with Gasteiger partial charge in [0.05, 0.1) is 11.8 Å². The molecule has 0 aromatic heterocycles. The predicted molar refractivity (Wildman–Crippen MR) is 134 cm³/mol. The molecule has 3 aliphatic rings. The molecule has 6 rings (SSSR count). The lowest BCUT2D eigenvalue weighted by Crippen LogP contribution is -2.53. The van der Waals surface area contributed by atoms with E-state index in [9.17, 15) is 19.5 Å². The van der Waals surface area contributed by atoms with E-state index >= 15 is 0 Å². The maximum Gasteiger partial charge on any atom is 0.250 e. The molecule has 0 bridgehead atoms. The smallest absolute Gasteiger partial charge is 0.250 e. The predicted octanol–water partition coefficient (Wildman–Crippen LogP) is 2.91. The van der Waals surface area contributed by atoms with E-state index in [1.165, 1.54) is 4.90 Å². The van der Waals surface area contributed by atoms with E-state index < -0.39 is 23.4 Å². The zero-order valence-electron chi connectivity index (χ0n) is 19.9. The number of phenols is 1. The van der Waals surface area contributed by atoms with Gasteiger partial charge in [0.25, 0.3) is 0 Å². The highest BCUT2D eigenvalue weighted by molar-refractivity contribution is 6.15. The molecule has 7 heteroatoms. The molecule has 3 N–H and O–H groups in total. The van der Waals surface area contributed by atoms with Gasteiger partial charge >= 0.3 is 0 Å². The minimum atomic E-state index is -1.30. The van der Waals surface area contributed by atoms with E-state index in [1.54, 1.807) is 24.3 Å². The van der Waals surface area contributed by atoms with Gasteiger partial charge in [0.2, 0.25) is 17.7 Å². The fraction of sp³-hybridized carbons (Fsp3) is 0.276. The van der Waals surface area contributed by atoms with Crippen LogP contribution in [0.25, 0.3) is 0 Å². The van der Waals surface area contributed by atoms with Gasteiger partial charge in [0, 0.05) is 23.8 Å². The van der Waals surface area contributed by atoms with Crippen LogP contribution in [0.3, 0.4) is 0 Å². The molecule has 3 aromatic carbocycles. The number of rotatable bonds is 5. The van der Waals surface area contributed by atoms with Crippen LogP contribution in [0.1, 0.15) is 22.3 Å². The number of anilines is 1. The number of aryl methyl sites for hydroxylation is 1. The molecule has 0 saturated carbocycles. The molecule has 3 amide bonds. The van der Waals surface area contributed by atoms with E-state index in [4.69, 9.17) is 0 Å². The first-order valence-corrected chi connectivity index (χ1v) is 12.3. The van der Waals surface area contributed by atoms with Gasteiger partial charge in [-0.15, -0.1) is 0 Å². The van der Waals surface area contributed by atoms with Gasteiger partial charge in [-0.05, 0) is 49.1 Å². The fourth-order valence-corrected chi connectivity index (χ4v) is 6.14. The molecule has 2 saturated heterocycles. The number of likely N-dealkylation sites (tertiary alicyclic amines) is 1. The van der Waals surface area contributed by atoms with Gasteiger partial charge in [-0.3, -0.25) is 24.6 Å². The standard InChI is InChI=1S/C29H27N3O4/c1-17-7-12-22-21(15-17)29(28(36)30-22)25-24(23(31-29)16-19-8-10-20(33)11-9-19)26(34)32(27(25)35)14-13-18-5-3-2-4-6-18/h2-12,15,23-25,31,33H,13-14,16H2,1H3,(H,30,36)/t23-,24-,25+,29+/m1/s1. The Balaban J connectivity index is 1.40. The normalized spacial score (nSPS) is 26.4. The third-order valence-corrected chi connectivity index (χ3v) is 7.82. The van der Waals surface area contributed by atoms with Crippen LogP contribution in [0.4, 0.5) is 5.69 Å². The quantitative estimate of drug-likeness (QED) is 0.487. The number of hydrogen-bond donors (Lipinski definition) is 3. The Morgan fingerprint density at radius 1 is 0.917 bits per heavy atom. The summed E-state index contributed by atoms with van der Waals surface area (Å²) < 4.78 is 0. The summed E-state index contributed by atoms with van der Waals surface area (Å²) in [7, 11) is 0. The third-order valence-electron chi connectivity index (χ3n) is 7.82. The van der Waals surface area contributed by atoms with E-state index in [0.29, 0.717) is 18.5 Å². The summed E-state index contributed by atoms with van der Waals surface area (Å²) >= 11 is 0. The lowest BCUT2D eigenvalue weighted by Gasteiger charge is -2.29. The topological polar surface area (TPSA) is 98.7 Å². The number of carbonyl (C=O) groups is 3. The molecule has 3 aromatic rings. The van der Waals surface area contributed by atoms with Crippen LogP contribution < -0.4 is 10.6 Å². The monoisotopic (exact) mass is 481 g/mol. The Morgan fingerprint density at radius 3 is 2.42 bits per heavy atom. The third kappa shape index (κ3) is 3.34. The van der Waals surface area contributed by atoms with Crippen molar-refractivity contribution < 1.29 is 19.5 Å². The van der Waals surface area contributed by atoms with Crippen LogP contribution in [-0.4, -0.2) is 40.3 Å². The summed E-state index contributed by atoms with van der Waals surface area (Å²) in [5.41, 5.74) is 3.02. The molecule has 36 heavy (non-hydrogen) atoms. The molecule has 2 fully saturated rings. The van der Waals surface area contributed by atoms with Crippen molar-refractivity contribution in [2.45, 2.75) is 31.3 Å². The van der Waals surface area contributed by atoms with E-state index in [-0.39, 0.29) is 30.0 Å². The minimum absolute atomic E-state index is 0.159. The second kappa shape index (κ2) is 8.31. The fourth-order valence-electron chi connectivity index (χ4n) is 6.14. The molecule has 0 aliphatic carbocycles. The van der Waals surface area contributed by atoms with Crippen molar-refractivity contribution in [3.63, 3.8) is 0 Å². The zero-order valence-corrected chi connectivity index (χ0v) is 19.9. The SMILES string of the molecule is Cc1ccc2c(c1)[C@@]1(N[C@H](Cc3ccc(O)cc3)[C@H]3C(=O)N(CCc4ccccc4)C(=O)[C@H]31)C(=O)N2.